The van der Waals surface area contributed by atoms with E-state index in [1.807, 2.05) is 24.3 Å². The Bertz CT molecular complexity index is 731. The van der Waals surface area contributed by atoms with Crippen LogP contribution in [0, 0.1) is 5.82 Å². The summed E-state index contributed by atoms with van der Waals surface area (Å²) >= 11 is 0. The molecule has 0 bridgehead atoms. The number of benzene rings is 2. The van der Waals surface area contributed by atoms with E-state index >= 15 is 0 Å². The first-order valence-corrected chi connectivity index (χ1v) is 6.86. The number of para-hydroxylation sites is 1. The average molecular weight is 298 g/mol. The number of aromatic amines is 1. The van der Waals surface area contributed by atoms with Gasteiger partial charge in [0.1, 0.15) is 24.5 Å². The number of anilines is 1. The summed E-state index contributed by atoms with van der Waals surface area (Å²) in [5.41, 5.74) is 1.48. The molecular formula is C16H15FN4O. The first kappa shape index (κ1) is 14.1. The summed E-state index contributed by atoms with van der Waals surface area (Å²) in [5.74, 6) is 1.03. The van der Waals surface area contributed by atoms with Crippen LogP contribution in [0.3, 0.4) is 0 Å². The molecule has 112 valence electrons. The van der Waals surface area contributed by atoms with Gasteiger partial charge in [0.15, 0.2) is 0 Å². The zero-order chi connectivity index (χ0) is 15.2. The first-order chi connectivity index (χ1) is 10.8. The normalized spacial score (nSPS) is 10.4. The van der Waals surface area contributed by atoms with Crippen LogP contribution in [0.15, 0.2) is 54.9 Å². The Kier molecular flexibility index (Phi) is 4.29. The Morgan fingerprint density at radius 1 is 1.05 bits per heavy atom. The number of hydrogen-bond donors (Lipinski definition) is 2. The molecule has 22 heavy (non-hydrogen) atoms. The highest BCUT2D eigenvalue weighted by atomic mass is 19.1. The molecule has 3 rings (SSSR count). The lowest BCUT2D eigenvalue weighted by Gasteiger charge is -2.12. The summed E-state index contributed by atoms with van der Waals surface area (Å²) < 4.78 is 19.4. The molecule has 0 aliphatic heterocycles. The lowest BCUT2D eigenvalue weighted by Crippen LogP contribution is -2.05. The minimum atomic E-state index is -0.264. The zero-order valence-electron chi connectivity index (χ0n) is 11.8. The Hall–Kier alpha value is -2.89. The molecule has 0 aliphatic carbocycles. The summed E-state index contributed by atoms with van der Waals surface area (Å²) in [6.07, 6.45) is 1.43. The summed E-state index contributed by atoms with van der Waals surface area (Å²) in [5, 5.41) is 9.61. The van der Waals surface area contributed by atoms with Crippen LogP contribution in [-0.2, 0) is 13.2 Å². The Labute approximate surface area is 127 Å². The SMILES string of the molecule is Fc1ccccc1COc1ccccc1CNc1ncn[nH]1. The van der Waals surface area contributed by atoms with Crippen LogP contribution in [0.5, 0.6) is 5.75 Å². The van der Waals surface area contributed by atoms with Gasteiger partial charge in [-0.15, -0.1) is 0 Å². The molecule has 1 aromatic heterocycles. The zero-order valence-corrected chi connectivity index (χ0v) is 11.8. The maximum atomic E-state index is 13.6. The molecule has 1 heterocycles. The van der Waals surface area contributed by atoms with Gasteiger partial charge in [-0.05, 0) is 12.1 Å². The molecule has 5 nitrogen and oxygen atoms in total. The van der Waals surface area contributed by atoms with Crippen LogP contribution >= 0.6 is 0 Å². The van der Waals surface area contributed by atoms with Crippen molar-refractivity contribution < 1.29 is 9.13 Å². The molecule has 0 amide bonds. The average Bonchev–Trinajstić information content (AvgIpc) is 3.06. The Morgan fingerprint density at radius 2 is 1.82 bits per heavy atom. The van der Waals surface area contributed by atoms with Gasteiger partial charge in [-0.2, -0.15) is 5.10 Å². The molecule has 2 N–H and O–H groups in total. The van der Waals surface area contributed by atoms with E-state index in [9.17, 15) is 4.39 Å². The highest BCUT2D eigenvalue weighted by Gasteiger charge is 2.06. The van der Waals surface area contributed by atoms with Gasteiger partial charge in [-0.3, -0.25) is 0 Å². The van der Waals surface area contributed by atoms with Crippen molar-refractivity contribution in [3.8, 4) is 5.75 Å². The smallest absolute Gasteiger partial charge is 0.218 e. The van der Waals surface area contributed by atoms with E-state index in [1.54, 1.807) is 18.2 Å². The molecular weight excluding hydrogens is 283 g/mol. The summed E-state index contributed by atoms with van der Waals surface area (Å²) in [6, 6.07) is 14.2. The number of ether oxygens (including phenoxy) is 1. The number of nitrogens with zero attached hydrogens (tertiary/aromatic N) is 2. The van der Waals surface area contributed by atoms with Crippen molar-refractivity contribution in [2.45, 2.75) is 13.2 Å². The molecule has 0 saturated heterocycles. The Balaban J connectivity index is 1.67. The van der Waals surface area contributed by atoms with Crippen molar-refractivity contribution in [3.05, 3.63) is 71.8 Å². The van der Waals surface area contributed by atoms with Crippen molar-refractivity contribution in [2.75, 3.05) is 5.32 Å². The van der Waals surface area contributed by atoms with E-state index in [0.717, 1.165) is 5.56 Å². The minimum Gasteiger partial charge on any atom is -0.488 e. The fourth-order valence-electron chi connectivity index (χ4n) is 2.03. The molecule has 3 aromatic rings. The molecule has 0 saturated carbocycles. The summed E-state index contributed by atoms with van der Waals surface area (Å²) in [4.78, 5) is 4.00. The molecule has 0 aliphatic rings. The second kappa shape index (κ2) is 6.71. The predicted molar refractivity (Wildman–Crippen MR) is 80.9 cm³/mol. The number of aromatic nitrogens is 3. The van der Waals surface area contributed by atoms with E-state index < -0.39 is 0 Å². The van der Waals surface area contributed by atoms with Crippen LogP contribution in [0.1, 0.15) is 11.1 Å². The quantitative estimate of drug-likeness (QED) is 0.734. The number of rotatable bonds is 6. The summed E-state index contributed by atoms with van der Waals surface area (Å²) in [7, 11) is 0. The van der Waals surface area contributed by atoms with Crippen LogP contribution in [0.25, 0.3) is 0 Å². The van der Waals surface area contributed by atoms with Crippen molar-refractivity contribution in [1.82, 2.24) is 15.2 Å². The third kappa shape index (κ3) is 3.41. The molecule has 0 radical (unpaired) electrons. The third-order valence-electron chi connectivity index (χ3n) is 3.17. The maximum Gasteiger partial charge on any atom is 0.218 e. The van der Waals surface area contributed by atoms with E-state index in [1.165, 1.54) is 12.4 Å². The van der Waals surface area contributed by atoms with E-state index in [4.69, 9.17) is 4.74 Å². The second-order valence-corrected chi connectivity index (χ2v) is 4.68. The third-order valence-corrected chi connectivity index (χ3v) is 3.17. The van der Waals surface area contributed by atoms with Gasteiger partial charge in [0.05, 0.1) is 0 Å². The molecule has 0 fully saturated rings. The second-order valence-electron chi connectivity index (χ2n) is 4.68. The van der Waals surface area contributed by atoms with Crippen molar-refractivity contribution in [3.63, 3.8) is 0 Å². The van der Waals surface area contributed by atoms with Gasteiger partial charge in [-0.25, -0.2) is 14.5 Å². The number of H-pyrrole nitrogens is 1. The number of halogens is 1. The lowest BCUT2D eigenvalue weighted by molar-refractivity contribution is 0.297. The first-order valence-electron chi connectivity index (χ1n) is 6.86. The molecule has 6 heteroatoms. The van der Waals surface area contributed by atoms with Gasteiger partial charge in [-0.1, -0.05) is 36.4 Å². The van der Waals surface area contributed by atoms with Crippen molar-refractivity contribution in [1.29, 1.82) is 0 Å². The minimum absolute atomic E-state index is 0.187. The van der Waals surface area contributed by atoms with Crippen molar-refractivity contribution in [2.24, 2.45) is 0 Å². The van der Waals surface area contributed by atoms with Gasteiger partial charge >= 0.3 is 0 Å². The van der Waals surface area contributed by atoms with E-state index in [-0.39, 0.29) is 12.4 Å². The van der Waals surface area contributed by atoms with E-state index in [0.29, 0.717) is 23.8 Å². The lowest BCUT2D eigenvalue weighted by atomic mass is 10.2. The highest BCUT2D eigenvalue weighted by Crippen LogP contribution is 2.20. The standard InChI is InChI=1S/C16H15FN4O/c17-14-7-3-1-6-13(14)10-22-15-8-4-2-5-12(15)9-18-16-19-11-20-21-16/h1-8,11H,9-10H2,(H2,18,19,20,21). The van der Waals surface area contributed by atoms with Crippen LogP contribution in [0.2, 0.25) is 0 Å². The maximum absolute atomic E-state index is 13.6. The largest absolute Gasteiger partial charge is 0.488 e. The molecule has 0 unspecified atom stereocenters. The number of nitrogens with one attached hydrogen (secondary N) is 2. The fraction of sp³-hybridized carbons (Fsp3) is 0.125. The van der Waals surface area contributed by atoms with Crippen LogP contribution < -0.4 is 10.1 Å². The van der Waals surface area contributed by atoms with Crippen LogP contribution in [0.4, 0.5) is 10.3 Å². The predicted octanol–water partition coefficient (Wildman–Crippen LogP) is 3.13. The van der Waals surface area contributed by atoms with Crippen molar-refractivity contribution >= 4 is 5.95 Å². The van der Waals surface area contributed by atoms with Gasteiger partial charge in [0, 0.05) is 17.7 Å². The van der Waals surface area contributed by atoms with E-state index in [2.05, 4.69) is 20.5 Å². The number of hydrogen-bond acceptors (Lipinski definition) is 4. The highest BCUT2D eigenvalue weighted by molar-refractivity contribution is 5.36. The van der Waals surface area contributed by atoms with Gasteiger partial charge in [0.2, 0.25) is 5.95 Å². The monoisotopic (exact) mass is 298 g/mol. The molecule has 2 aromatic carbocycles. The van der Waals surface area contributed by atoms with Crippen LogP contribution in [-0.4, -0.2) is 15.2 Å². The topological polar surface area (TPSA) is 62.8 Å². The summed E-state index contributed by atoms with van der Waals surface area (Å²) in [6.45, 7) is 0.717. The molecule has 0 atom stereocenters. The fourth-order valence-corrected chi connectivity index (χ4v) is 2.03. The van der Waals surface area contributed by atoms with Gasteiger partial charge < -0.3 is 10.1 Å². The molecule has 0 spiro atoms. The van der Waals surface area contributed by atoms with Gasteiger partial charge in [0.25, 0.3) is 0 Å². The Morgan fingerprint density at radius 3 is 2.59 bits per heavy atom.